The van der Waals surface area contributed by atoms with E-state index in [1.807, 2.05) is 13.8 Å². The molecule has 5 heteroatoms. The van der Waals surface area contributed by atoms with Crippen molar-refractivity contribution >= 4 is 11.6 Å². The Balaban J connectivity index is 2.40. The zero-order valence-electron chi connectivity index (χ0n) is 11.2. The van der Waals surface area contributed by atoms with Gasteiger partial charge in [-0.05, 0) is 43.2 Å². The Hall–Kier alpha value is -1.68. The van der Waals surface area contributed by atoms with Gasteiger partial charge in [0, 0.05) is 11.6 Å². The maximum Gasteiger partial charge on any atom is 0.198 e. The Morgan fingerprint density at radius 2 is 1.85 bits per heavy atom. The van der Waals surface area contributed by atoms with Gasteiger partial charge in [0.25, 0.3) is 0 Å². The van der Waals surface area contributed by atoms with Crippen LogP contribution in [0.3, 0.4) is 0 Å². The van der Waals surface area contributed by atoms with Gasteiger partial charge in [-0.2, -0.15) is 0 Å². The Labute approximate surface area is 121 Å². The summed E-state index contributed by atoms with van der Waals surface area (Å²) in [6.07, 6.45) is 0.611. The lowest BCUT2D eigenvalue weighted by atomic mass is 10.2. The number of halogens is 3. The summed E-state index contributed by atoms with van der Waals surface area (Å²) in [6, 6.07) is 5.73. The summed E-state index contributed by atoms with van der Waals surface area (Å²) in [5.74, 6) is -1.58. The van der Waals surface area contributed by atoms with E-state index in [4.69, 9.17) is 16.3 Å². The first-order valence-corrected chi connectivity index (χ1v) is 6.76. The normalized spacial score (nSPS) is 10.7. The van der Waals surface area contributed by atoms with Gasteiger partial charge in [0.2, 0.25) is 0 Å². The number of alkyl halides is 1. The molecule has 0 atom stereocenters. The predicted octanol–water partition coefficient (Wildman–Crippen LogP) is 4.76. The van der Waals surface area contributed by atoms with E-state index in [1.165, 1.54) is 12.1 Å². The van der Waals surface area contributed by atoms with Crippen LogP contribution in [0.15, 0.2) is 24.3 Å². The van der Waals surface area contributed by atoms with E-state index in [1.54, 1.807) is 12.1 Å². The Bertz CT molecular complexity index is 608. The molecule has 0 aliphatic rings. The second-order valence-corrected chi connectivity index (χ2v) is 4.64. The van der Waals surface area contributed by atoms with Crippen LogP contribution in [-0.2, 0) is 12.3 Å². The van der Waals surface area contributed by atoms with Crippen molar-refractivity contribution in [3.63, 3.8) is 0 Å². The van der Waals surface area contributed by atoms with Crippen molar-refractivity contribution in [2.75, 3.05) is 0 Å². The third-order valence-corrected chi connectivity index (χ3v) is 3.14. The van der Waals surface area contributed by atoms with Gasteiger partial charge in [0.05, 0.1) is 5.69 Å². The average molecular weight is 298 g/mol. The van der Waals surface area contributed by atoms with Crippen LogP contribution in [-0.4, -0.2) is 4.98 Å². The van der Waals surface area contributed by atoms with Crippen LogP contribution in [0.4, 0.5) is 8.78 Å². The summed E-state index contributed by atoms with van der Waals surface area (Å²) in [6.45, 7) is 3.75. The second kappa shape index (κ2) is 6.18. The van der Waals surface area contributed by atoms with E-state index >= 15 is 0 Å². The van der Waals surface area contributed by atoms with Crippen molar-refractivity contribution in [2.45, 2.75) is 26.1 Å². The molecule has 0 N–H and O–H groups in total. The molecule has 2 rings (SSSR count). The molecule has 2 nitrogen and oxygen atoms in total. The molecule has 0 fully saturated rings. The van der Waals surface area contributed by atoms with E-state index in [9.17, 15) is 8.78 Å². The third-order valence-electron chi connectivity index (χ3n) is 2.83. The average Bonchev–Trinajstić information content (AvgIpc) is 2.43. The molecule has 0 unspecified atom stereocenters. The van der Waals surface area contributed by atoms with Gasteiger partial charge < -0.3 is 4.74 Å². The quantitative estimate of drug-likeness (QED) is 0.759. The lowest BCUT2D eigenvalue weighted by molar-refractivity contribution is 0.401. The fourth-order valence-corrected chi connectivity index (χ4v) is 2.00. The van der Waals surface area contributed by atoms with Crippen LogP contribution in [0, 0.1) is 18.6 Å². The Morgan fingerprint density at radius 3 is 2.40 bits per heavy atom. The summed E-state index contributed by atoms with van der Waals surface area (Å²) in [5.41, 5.74) is 1.85. The molecule has 0 spiro atoms. The number of hydrogen-bond acceptors (Lipinski definition) is 2. The molecule has 1 heterocycles. The Kier molecular flexibility index (Phi) is 4.55. The molecule has 0 saturated heterocycles. The number of rotatable bonds is 4. The zero-order chi connectivity index (χ0) is 14.7. The third kappa shape index (κ3) is 3.07. The van der Waals surface area contributed by atoms with Gasteiger partial charge in [-0.25, -0.2) is 8.78 Å². The SMILES string of the molecule is CCc1nc(C)ccc1Oc1c(F)cc(CCl)cc1F. The fourth-order valence-electron chi connectivity index (χ4n) is 1.84. The second-order valence-electron chi connectivity index (χ2n) is 4.38. The van der Waals surface area contributed by atoms with Crippen molar-refractivity contribution < 1.29 is 13.5 Å². The molecule has 0 aliphatic carbocycles. The van der Waals surface area contributed by atoms with Crippen molar-refractivity contribution in [1.29, 1.82) is 0 Å². The summed E-state index contributed by atoms with van der Waals surface area (Å²) in [5, 5.41) is 0. The first-order valence-electron chi connectivity index (χ1n) is 6.23. The van der Waals surface area contributed by atoms with Crippen LogP contribution in [0.1, 0.15) is 23.9 Å². The van der Waals surface area contributed by atoms with Crippen molar-refractivity contribution in [3.05, 3.63) is 52.9 Å². The maximum atomic E-state index is 13.9. The van der Waals surface area contributed by atoms with E-state index in [2.05, 4.69) is 4.98 Å². The van der Waals surface area contributed by atoms with Crippen molar-refractivity contribution in [1.82, 2.24) is 4.98 Å². The van der Waals surface area contributed by atoms with E-state index in [0.717, 1.165) is 5.69 Å². The highest BCUT2D eigenvalue weighted by Crippen LogP contribution is 2.30. The molecule has 1 aromatic heterocycles. The minimum atomic E-state index is -0.775. The smallest absolute Gasteiger partial charge is 0.198 e. The molecule has 0 bridgehead atoms. The van der Waals surface area contributed by atoms with E-state index < -0.39 is 17.4 Å². The van der Waals surface area contributed by atoms with Gasteiger partial charge in [-0.15, -0.1) is 11.6 Å². The van der Waals surface area contributed by atoms with Crippen molar-refractivity contribution in [3.8, 4) is 11.5 Å². The number of aromatic nitrogens is 1. The highest BCUT2D eigenvalue weighted by molar-refractivity contribution is 6.17. The molecule has 1 aromatic carbocycles. The molecular formula is C15H14ClF2NO. The molecule has 0 amide bonds. The maximum absolute atomic E-state index is 13.9. The van der Waals surface area contributed by atoms with Crippen LogP contribution >= 0.6 is 11.6 Å². The summed E-state index contributed by atoms with van der Waals surface area (Å²) in [4.78, 5) is 4.29. The fraction of sp³-hybridized carbons (Fsp3) is 0.267. The minimum absolute atomic E-state index is 0.0421. The van der Waals surface area contributed by atoms with E-state index in [-0.39, 0.29) is 5.88 Å². The standard InChI is InChI=1S/C15H14ClF2NO/c1-3-13-14(5-4-9(2)19-13)20-15-11(17)6-10(8-16)7-12(15)18/h4-7H,3,8H2,1-2H3. The first-order chi connectivity index (χ1) is 9.55. The first kappa shape index (κ1) is 14.7. The summed E-state index contributed by atoms with van der Waals surface area (Å²) in [7, 11) is 0. The molecule has 0 saturated carbocycles. The van der Waals surface area contributed by atoms with E-state index in [0.29, 0.717) is 23.4 Å². The molecule has 0 radical (unpaired) electrons. The number of ether oxygens (including phenoxy) is 1. The van der Waals surface area contributed by atoms with Crippen LogP contribution in [0.5, 0.6) is 11.5 Å². The molecular weight excluding hydrogens is 284 g/mol. The molecule has 0 aliphatic heterocycles. The Morgan fingerprint density at radius 1 is 1.20 bits per heavy atom. The lowest BCUT2D eigenvalue weighted by Gasteiger charge is -2.12. The van der Waals surface area contributed by atoms with Gasteiger partial charge in [-0.1, -0.05) is 6.92 Å². The van der Waals surface area contributed by atoms with Crippen molar-refractivity contribution in [2.24, 2.45) is 0 Å². The monoisotopic (exact) mass is 297 g/mol. The number of pyridine rings is 1. The topological polar surface area (TPSA) is 22.1 Å². The highest BCUT2D eigenvalue weighted by atomic mass is 35.5. The lowest BCUT2D eigenvalue weighted by Crippen LogP contribution is -1.99. The van der Waals surface area contributed by atoms with Gasteiger partial charge in [0.1, 0.15) is 5.75 Å². The number of benzene rings is 1. The molecule has 20 heavy (non-hydrogen) atoms. The summed E-state index contributed by atoms with van der Waals surface area (Å²) < 4.78 is 33.1. The number of nitrogens with zero attached hydrogens (tertiary/aromatic N) is 1. The van der Waals surface area contributed by atoms with Gasteiger partial charge in [-0.3, -0.25) is 4.98 Å². The van der Waals surface area contributed by atoms with Crippen LogP contribution in [0.25, 0.3) is 0 Å². The van der Waals surface area contributed by atoms with Crippen LogP contribution in [0.2, 0.25) is 0 Å². The van der Waals surface area contributed by atoms with Gasteiger partial charge in [0.15, 0.2) is 17.4 Å². The van der Waals surface area contributed by atoms with Gasteiger partial charge >= 0.3 is 0 Å². The minimum Gasteiger partial charge on any atom is -0.449 e. The van der Waals surface area contributed by atoms with Crippen LogP contribution < -0.4 is 4.74 Å². The summed E-state index contributed by atoms with van der Waals surface area (Å²) >= 11 is 5.56. The highest BCUT2D eigenvalue weighted by Gasteiger charge is 2.15. The predicted molar refractivity (Wildman–Crippen MR) is 74.3 cm³/mol. The largest absolute Gasteiger partial charge is 0.449 e. The number of hydrogen-bond donors (Lipinski definition) is 0. The number of aryl methyl sites for hydroxylation is 2. The molecule has 2 aromatic rings. The zero-order valence-corrected chi connectivity index (χ0v) is 12.0. The molecule has 106 valence electrons.